The molecule has 1 heterocycles. The summed E-state index contributed by atoms with van der Waals surface area (Å²) in [5.41, 5.74) is 0. The molecule has 1 atom stereocenters. The Labute approximate surface area is 107 Å². The lowest BCUT2D eigenvalue weighted by Gasteiger charge is -2.16. The van der Waals surface area contributed by atoms with Gasteiger partial charge in [0, 0.05) is 19.0 Å². The van der Waals surface area contributed by atoms with E-state index in [9.17, 15) is 9.59 Å². The quantitative estimate of drug-likeness (QED) is 0.691. The summed E-state index contributed by atoms with van der Waals surface area (Å²) in [4.78, 5) is 25.3. The average Bonchev–Trinajstić information content (AvgIpc) is 3.21. The summed E-state index contributed by atoms with van der Waals surface area (Å²) >= 11 is 0. The van der Waals surface area contributed by atoms with Gasteiger partial charge in [-0.1, -0.05) is 0 Å². The van der Waals surface area contributed by atoms with E-state index in [-0.39, 0.29) is 17.9 Å². The Morgan fingerprint density at radius 1 is 1.28 bits per heavy atom. The molecule has 5 nitrogen and oxygen atoms in total. The zero-order valence-corrected chi connectivity index (χ0v) is 10.7. The van der Waals surface area contributed by atoms with Crippen LogP contribution >= 0.6 is 0 Å². The molecule has 2 saturated carbocycles. The maximum atomic E-state index is 11.7. The Balaban J connectivity index is 1.36. The number of likely N-dealkylation sites (tertiary alicyclic amines) is 1. The Morgan fingerprint density at radius 3 is 2.72 bits per heavy atom. The summed E-state index contributed by atoms with van der Waals surface area (Å²) < 4.78 is 0. The second-order valence-corrected chi connectivity index (χ2v) is 5.82. The summed E-state index contributed by atoms with van der Waals surface area (Å²) in [6.07, 6.45) is 5.33. The Hall–Kier alpha value is -1.10. The van der Waals surface area contributed by atoms with Crippen molar-refractivity contribution in [1.29, 1.82) is 0 Å². The van der Waals surface area contributed by atoms with Gasteiger partial charge in [-0.25, -0.2) is 0 Å². The van der Waals surface area contributed by atoms with Gasteiger partial charge in [0.2, 0.25) is 11.8 Å². The van der Waals surface area contributed by atoms with Crippen LogP contribution in [0, 0.1) is 5.92 Å². The summed E-state index contributed by atoms with van der Waals surface area (Å²) in [6, 6.07) is 0.487. The molecule has 0 bridgehead atoms. The van der Waals surface area contributed by atoms with E-state index < -0.39 is 0 Å². The van der Waals surface area contributed by atoms with Gasteiger partial charge in [-0.05, 0) is 38.1 Å². The summed E-state index contributed by atoms with van der Waals surface area (Å²) in [6.45, 7) is 2.04. The maximum absolute atomic E-state index is 11.7. The van der Waals surface area contributed by atoms with E-state index >= 15 is 0 Å². The lowest BCUT2D eigenvalue weighted by molar-refractivity contribution is -0.128. The second kappa shape index (κ2) is 4.88. The van der Waals surface area contributed by atoms with Crippen molar-refractivity contribution in [2.45, 2.75) is 44.2 Å². The monoisotopic (exact) mass is 251 g/mol. The van der Waals surface area contributed by atoms with Gasteiger partial charge in [-0.15, -0.1) is 0 Å². The van der Waals surface area contributed by atoms with E-state index in [4.69, 9.17) is 0 Å². The molecule has 3 rings (SSSR count). The minimum Gasteiger partial charge on any atom is -0.350 e. The number of hydrogen-bond acceptors (Lipinski definition) is 3. The molecule has 2 amide bonds. The van der Waals surface area contributed by atoms with Crippen LogP contribution in [0.4, 0.5) is 0 Å². The van der Waals surface area contributed by atoms with Crippen molar-refractivity contribution in [1.82, 2.24) is 15.5 Å². The van der Waals surface area contributed by atoms with Crippen LogP contribution in [0.3, 0.4) is 0 Å². The normalized spacial score (nSPS) is 27.7. The molecular formula is C13H21N3O2. The first kappa shape index (κ1) is 12.0. The standard InChI is InChI=1S/C13H21N3O2/c17-12(7-14-6-9-1-2-9)15-10-5-13(18)16(8-10)11-3-4-11/h9-11,14H,1-8H2,(H,15,17). The molecule has 0 aromatic carbocycles. The van der Waals surface area contributed by atoms with Crippen molar-refractivity contribution in [2.24, 2.45) is 5.92 Å². The smallest absolute Gasteiger partial charge is 0.234 e. The number of amides is 2. The predicted molar refractivity (Wildman–Crippen MR) is 66.9 cm³/mol. The minimum absolute atomic E-state index is 0.0195. The molecule has 0 aromatic rings. The predicted octanol–water partition coefficient (Wildman–Crippen LogP) is -0.134. The first-order chi connectivity index (χ1) is 8.72. The molecule has 0 spiro atoms. The van der Waals surface area contributed by atoms with Crippen molar-refractivity contribution in [3.63, 3.8) is 0 Å². The number of rotatable bonds is 6. The van der Waals surface area contributed by atoms with Crippen molar-refractivity contribution in [2.75, 3.05) is 19.6 Å². The van der Waals surface area contributed by atoms with E-state index in [1.165, 1.54) is 12.8 Å². The number of nitrogens with zero attached hydrogens (tertiary/aromatic N) is 1. The average molecular weight is 251 g/mol. The number of nitrogens with one attached hydrogen (secondary N) is 2. The second-order valence-electron chi connectivity index (χ2n) is 5.82. The Kier molecular flexibility index (Phi) is 3.24. The maximum Gasteiger partial charge on any atom is 0.234 e. The highest BCUT2D eigenvalue weighted by Crippen LogP contribution is 2.30. The lowest BCUT2D eigenvalue weighted by atomic mass is 10.2. The molecule has 1 saturated heterocycles. The third kappa shape index (κ3) is 3.02. The molecule has 0 aromatic heterocycles. The van der Waals surface area contributed by atoms with Gasteiger partial charge in [0.15, 0.2) is 0 Å². The number of carbonyl (C=O) groups is 2. The fraction of sp³-hybridized carbons (Fsp3) is 0.846. The third-order valence-electron chi connectivity index (χ3n) is 3.93. The van der Waals surface area contributed by atoms with Gasteiger partial charge >= 0.3 is 0 Å². The van der Waals surface area contributed by atoms with Crippen LogP contribution in [0.2, 0.25) is 0 Å². The first-order valence-electron chi connectivity index (χ1n) is 7.02. The van der Waals surface area contributed by atoms with Crippen LogP contribution in [0.5, 0.6) is 0 Å². The minimum atomic E-state index is 0.0195. The van der Waals surface area contributed by atoms with Gasteiger partial charge in [0.25, 0.3) is 0 Å². The van der Waals surface area contributed by atoms with Crippen LogP contribution in [0.1, 0.15) is 32.1 Å². The van der Waals surface area contributed by atoms with Crippen LogP contribution in [-0.2, 0) is 9.59 Å². The van der Waals surface area contributed by atoms with Crippen LogP contribution in [0.15, 0.2) is 0 Å². The van der Waals surface area contributed by atoms with Crippen molar-refractivity contribution in [3.05, 3.63) is 0 Å². The van der Waals surface area contributed by atoms with Crippen molar-refractivity contribution >= 4 is 11.8 Å². The molecule has 18 heavy (non-hydrogen) atoms. The van der Waals surface area contributed by atoms with Crippen molar-refractivity contribution in [3.8, 4) is 0 Å². The summed E-state index contributed by atoms with van der Waals surface area (Å²) in [7, 11) is 0. The Morgan fingerprint density at radius 2 is 2.06 bits per heavy atom. The molecule has 100 valence electrons. The molecule has 5 heteroatoms. The topological polar surface area (TPSA) is 61.4 Å². The van der Waals surface area contributed by atoms with E-state index in [0.29, 0.717) is 25.6 Å². The van der Waals surface area contributed by atoms with Crippen molar-refractivity contribution < 1.29 is 9.59 Å². The molecule has 0 radical (unpaired) electrons. The molecule has 2 N–H and O–H groups in total. The highest BCUT2D eigenvalue weighted by Gasteiger charge is 2.39. The van der Waals surface area contributed by atoms with Gasteiger partial charge in [0.1, 0.15) is 0 Å². The zero-order chi connectivity index (χ0) is 12.5. The molecule has 1 unspecified atom stereocenters. The SMILES string of the molecule is O=C(CNCC1CC1)NC1CC(=O)N(C2CC2)C1. The van der Waals surface area contributed by atoms with E-state index in [2.05, 4.69) is 10.6 Å². The fourth-order valence-electron chi connectivity index (χ4n) is 2.56. The molecular weight excluding hydrogens is 230 g/mol. The zero-order valence-electron chi connectivity index (χ0n) is 10.7. The van der Waals surface area contributed by atoms with Gasteiger partial charge in [-0.3, -0.25) is 9.59 Å². The molecule has 2 aliphatic carbocycles. The van der Waals surface area contributed by atoms with E-state index in [1.54, 1.807) is 0 Å². The van der Waals surface area contributed by atoms with Crippen LogP contribution in [0.25, 0.3) is 0 Å². The Bertz CT molecular complexity index is 350. The van der Waals surface area contributed by atoms with Gasteiger partial charge < -0.3 is 15.5 Å². The highest BCUT2D eigenvalue weighted by atomic mass is 16.2. The van der Waals surface area contributed by atoms with E-state index in [1.807, 2.05) is 4.90 Å². The van der Waals surface area contributed by atoms with Gasteiger partial charge in [-0.2, -0.15) is 0 Å². The molecule has 3 aliphatic rings. The molecule has 3 fully saturated rings. The number of carbonyl (C=O) groups excluding carboxylic acids is 2. The summed E-state index contributed by atoms with van der Waals surface area (Å²) in [5.74, 6) is 1.01. The summed E-state index contributed by atoms with van der Waals surface area (Å²) in [5, 5.41) is 6.12. The largest absolute Gasteiger partial charge is 0.350 e. The number of hydrogen-bond donors (Lipinski definition) is 2. The fourth-order valence-corrected chi connectivity index (χ4v) is 2.56. The van der Waals surface area contributed by atoms with Gasteiger partial charge in [0.05, 0.1) is 12.6 Å². The molecule has 1 aliphatic heterocycles. The lowest BCUT2D eigenvalue weighted by Crippen LogP contribution is -2.42. The van der Waals surface area contributed by atoms with Crippen LogP contribution in [-0.4, -0.2) is 48.4 Å². The third-order valence-corrected chi connectivity index (χ3v) is 3.93. The van der Waals surface area contributed by atoms with Crippen LogP contribution < -0.4 is 10.6 Å². The first-order valence-corrected chi connectivity index (χ1v) is 7.02. The highest BCUT2D eigenvalue weighted by molar-refractivity contribution is 5.83. The van der Waals surface area contributed by atoms with E-state index in [0.717, 1.165) is 25.3 Å².